The highest BCUT2D eigenvalue weighted by Crippen LogP contribution is 2.16. The molecule has 25 heavy (non-hydrogen) atoms. The van der Waals surface area contributed by atoms with E-state index in [1.165, 1.54) is 7.11 Å². The molecule has 0 saturated carbocycles. The van der Waals surface area contributed by atoms with Crippen LogP contribution in [0.25, 0.3) is 0 Å². The predicted molar refractivity (Wildman–Crippen MR) is 99.2 cm³/mol. The van der Waals surface area contributed by atoms with Gasteiger partial charge in [0.25, 0.3) is 0 Å². The molecule has 2 aromatic carbocycles. The van der Waals surface area contributed by atoms with Crippen LogP contribution in [-0.4, -0.2) is 25.1 Å². The third-order valence-electron chi connectivity index (χ3n) is 3.10. The van der Waals surface area contributed by atoms with Crippen molar-refractivity contribution in [3.8, 4) is 0 Å². The first-order valence-corrected chi connectivity index (χ1v) is 7.94. The molecule has 0 aromatic heterocycles. The van der Waals surface area contributed by atoms with Crippen LogP contribution in [0.3, 0.4) is 0 Å². The highest BCUT2D eigenvalue weighted by molar-refractivity contribution is 6.31. The fourth-order valence-electron chi connectivity index (χ4n) is 1.88. The van der Waals surface area contributed by atoms with E-state index in [1.807, 2.05) is 0 Å². The molecule has 0 fully saturated rings. The Balaban J connectivity index is 2.11. The van der Waals surface area contributed by atoms with Gasteiger partial charge < -0.3 is 15.5 Å². The van der Waals surface area contributed by atoms with Crippen LogP contribution in [0.4, 0.5) is 11.4 Å². The second-order valence-electron chi connectivity index (χ2n) is 4.91. The number of nitrogens with one attached hydrogen (secondary N) is 2. The Morgan fingerprint density at radius 3 is 1.68 bits per heavy atom. The van der Waals surface area contributed by atoms with Crippen molar-refractivity contribution in [2.75, 3.05) is 17.7 Å². The quantitative estimate of drug-likeness (QED) is 0.454. The maximum absolute atomic E-state index is 12.4. The van der Waals surface area contributed by atoms with E-state index in [1.54, 1.807) is 48.5 Å². The van der Waals surface area contributed by atoms with Gasteiger partial charge in [-0.2, -0.15) is 0 Å². The Bertz CT molecular complexity index is 702. The number of carbonyl (C=O) groups is 2. The van der Waals surface area contributed by atoms with Gasteiger partial charge in [0.2, 0.25) is 11.8 Å². The van der Waals surface area contributed by atoms with E-state index in [0.29, 0.717) is 21.4 Å². The average Bonchev–Trinajstić information content (AvgIpc) is 2.59. The number of anilines is 2. The molecule has 0 unspecified atom stereocenters. The number of nitrogens with zero attached hydrogens (tertiary/aromatic N) is 1. The largest absolute Gasteiger partial charge is 0.399 e. The predicted octanol–water partition coefficient (Wildman–Crippen LogP) is 3.82. The lowest BCUT2D eigenvalue weighted by Crippen LogP contribution is -2.35. The summed E-state index contributed by atoms with van der Waals surface area (Å²) in [6.45, 7) is 0. The number of oxime groups is 1. The number of hydrogen-bond donors (Lipinski definition) is 2. The summed E-state index contributed by atoms with van der Waals surface area (Å²) in [6.07, 6.45) is 1.12. The zero-order valence-electron chi connectivity index (χ0n) is 13.2. The van der Waals surface area contributed by atoms with Crippen molar-refractivity contribution < 1.29 is 14.4 Å². The first kappa shape index (κ1) is 18.8. The number of carbonyl (C=O) groups excluding carboxylic acids is 2. The third kappa shape index (κ3) is 5.77. The lowest BCUT2D eigenvalue weighted by molar-refractivity contribution is -0.126. The Morgan fingerprint density at radius 2 is 1.32 bits per heavy atom. The van der Waals surface area contributed by atoms with Crippen LogP contribution in [0.1, 0.15) is 0 Å². The molecule has 0 radical (unpaired) electrons. The fourth-order valence-corrected chi connectivity index (χ4v) is 2.13. The summed E-state index contributed by atoms with van der Waals surface area (Å²) >= 11 is 11.6. The van der Waals surface area contributed by atoms with E-state index in [9.17, 15) is 9.59 Å². The average molecular weight is 380 g/mol. The van der Waals surface area contributed by atoms with Crippen LogP contribution in [0.5, 0.6) is 0 Å². The Morgan fingerprint density at radius 1 is 0.920 bits per heavy atom. The van der Waals surface area contributed by atoms with Crippen LogP contribution in [-0.2, 0) is 14.4 Å². The van der Waals surface area contributed by atoms with Gasteiger partial charge in [0.1, 0.15) is 7.11 Å². The van der Waals surface area contributed by atoms with Gasteiger partial charge in [-0.05, 0) is 48.5 Å². The van der Waals surface area contributed by atoms with Crippen molar-refractivity contribution in [3.05, 3.63) is 58.6 Å². The SMILES string of the molecule is CON=CC(C(=O)Nc1ccc(Cl)cc1)C(=O)Nc1ccc(Cl)cc1. The number of amides is 2. The lowest BCUT2D eigenvalue weighted by Gasteiger charge is -2.13. The van der Waals surface area contributed by atoms with Crippen molar-refractivity contribution in [2.24, 2.45) is 11.1 Å². The molecule has 0 atom stereocenters. The molecule has 2 rings (SSSR count). The summed E-state index contributed by atoms with van der Waals surface area (Å²) in [5.74, 6) is -2.31. The molecule has 2 N–H and O–H groups in total. The summed E-state index contributed by atoms with van der Waals surface area (Å²) < 4.78 is 0. The molecule has 2 amide bonds. The zero-order chi connectivity index (χ0) is 18.2. The van der Waals surface area contributed by atoms with Gasteiger partial charge in [0.15, 0.2) is 5.92 Å². The van der Waals surface area contributed by atoms with Gasteiger partial charge in [0, 0.05) is 21.4 Å². The summed E-state index contributed by atoms with van der Waals surface area (Å²) in [5, 5.41) is 9.87. The lowest BCUT2D eigenvalue weighted by atomic mass is 10.1. The van der Waals surface area contributed by atoms with Gasteiger partial charge in [0.05, 0.1) is 6.21 Å². The van der Waals surface area contributed by atoms with Crippen LogP contribution in [0.2, 0.25) is 10.0 Å². The van der Waals surface area contributed by atoms with E-state index < -0.39 is 17.7 Å². The molecule has 0 spiro atoms. The highest BCUT2D eigenvalue weighted by Gasteiger charge is 2.25. The normalized spacial score (nSPS) is 10.7. The minimum atomic E-state index is -1.19. The van der Waals surface area contributed by atoms with E-state index in [4.69, 9.17) is 23.2 Å². The maximum Gasteiger partial charge on any atom is 0.242 e. The minimum Gasteiger partial charge on any atom is -0.399 e. The van der Waals surface area contributed by atoms with Crippen molar-refractivity contribution in [1.29, 1.82) is 0 Å². The number of benzene rings is 2. The van der Waals surface area contributed by atoms with Gasteiger partial charge in [-0.25, -0.2) is 0 Å². The van der Waals surface area contributed by atoms with E-state index in [-0.39, 0.29) is 0 Å². The van der Waals surface area contributed by atoms with Crippen molar-refractivity contribution >= 4 is 52.6 Å². The van der Waals surface area contributed by atoms with Gasteiger partial charge >= 0.3 is 0 Å². The molecule has 0 aliphatic heterocycles. The summed E-state index contributed by atoms with van der Waals surface area (Å²) in [6, 6.07) is 13.0. The summed E-state index contributed by atoms with van der Waals surface area (Å²) in [5.41, 5.74) is 1.01. The molecule has 0 aliphatic carbocycles. The third-order valence-corrected chi connectivity index (χ3v) is 3.61. The van der Waals surface area contributed by atoms with Crippen molar-refractivity contribution in [1.82, 2.24) is 0 Å². The Hall–Kier alpha value is -2.57. The summed E-state index contributed by atoms with van der Waals surface area (Å²) in [7, 11) is 1.32. The van der Waals surface area contributed by atoms with E-state index in [0.717, 1.165) is 6.21 Å². The Kier molecular flexibility index (Phi) is 6.80. The van der Waals surface area contributed by atoms with Gasteiger partial charge in [-0.3, -0.25) is 9.59 Å². The zero-order valence-corrected chi connectivity index (χ0v) is 14.7. The molecular weight excluding hydrogens is 365 g/mol. The van der Waals surface area contributed by atoms with E-state index >= 15 is 0 Å². The van der Waals surface area contributed by atoms with Crippen LogP contribution in [0.15, 0.2) is 53.7 Å². The Labute approximate surface area is 154 Å². The topological polar surface area (TPSA) is 79.8 Å². The first-order chi connectivity index (χ1) is 12.0. The van der Waals surface area contributed by atoms with E-state index in [2.05, 4.69) is 20.6 Å². The second-order valence-corrected chi connectivity index (χ2v) is 5.78. The number of rotatable bonds is 6. The van der Waals surface area contributed by atoms with Crippen molar-refractivity contribution in [2.45, 2.75) is 0 Å². The smallest absolute Gasteiger partial charge is 0.242 e. The molecule has 6 nitrogen and oxygen atoms in total. The van der Waals surface area contributed by atoms with Crippen LogP contribution >= 0.6 is 23.2 Å². The highest BCUT2D eigenvalue weighted by atomic mass is 35.5. The molecule has 130 valence electrons. The van der Waals surface area contributed by atoms with Gasteiger partial charge in [-0.1, -0.05) is 28.4 Å². The molecule has 0 bridgehead atoms. The monoisotopic (exact) mass is 379 g/mol. The van der Waals surface area contributed by atoms with Crippen LogP contribution in [0, 0.1) is 5.92 Å². The molecule has 0 aliphatic rings. The molecule has 0 heterocycles. The number of halogens is 2. The fraction of sp³-hybridized carbons (Fsp3) is 0.118. The standard InChI is InChI=1S/C17H15Cl2N3O3/c1-25-20-10-15(16(23)21-13-6-2-11(18)3-7-13)17(24)22-14-8-4-12(19)5-9-14/h2-10,15H,1H3,(H,21,23)(H,22,24). The number of hydrogen-bond acceptors (Lipinski definition) is 4. The van der Waals surface area contributed by atoms with Crippen molar-refractivity contribution in [3.63, 3.8) is 0 Å². The first-order valence-electron chi connectivity index (χ1n) is 7.19. The minimum absolute atomic E-state index is 0.504. The molecule has 0 saturated heterocycles. The second kappa shape index (κ2) is 9.05. The molecule has 2 aromatic rings. The molecule has 8 heteroatoms. The van der Waals surface area contributed by atoms with Crippen LogP contribution < -0.4 is 10.6 Å². The maximum atomic E-state index is 12.4. The van der Waals surface area contributed by atoms with Gasteiger partial charge in [-0.15, -0.1) is 0 Å². The molecular formula is C17H15Cl2N3O3. The summed E-state index contributed by atoms with van der Waals surface area (Å²) in [4.78, 5) is 29.4.